The normalized spacial score (nSPS) is 10.3. The van der Waals surface area contributed by atoms with E-state index in [2.05, 4.69) is 4.98 Å². The fourth-order valence-corrected chi connectivity index (χ4v) is 1.18. The van der Waals surface area contributed by atoms with Crippen molar-refractivity contribution in [1.82, 2.24) is 4.98 Å². The summed E-state index contributed by atoms with van der Waals surface area (Å²) in [6, 6.07) is 6.75. The van der Waals surface area contributed by atoms with Crippen LogP contribution in [0.1, 0.15) is 0 Å². The second-order valence-corrected chi connectivity index (χ2v) is 2.53. The highest BCUT2D eigenvalue weighted by Gasteiger charge is 1.95. The predicted molar refractivity (Wildman–Crippen MR) is 44.0 cm³/mol. The lowest BCUT2D eigenvalue weighted by atomic mass is 10.2. The molecule has 0 saturated heterocycles. The summed E-state index contributed by atoms with van der Waals surface area (Å²) in [5.74, 6) is -0.148. The molecule has 2 aromatic rings. The van der Waals surface area contributed by atoms with E-state index in [9.17, 15) is 9.90 Å². The second kappa shape index (κ2) is 2.37. The highest BCUT2D eigenvalue weighted by Crippen LogP contribution is 2.16. The Balaban J connectivity index is 3.05. The van der Waals surface area contributed by atoms with Gasteiger partial charge < -0.3 is 10.1 Å². The quantitative estimate of drug-likeness (QED) is 0.613. The number of pyridine rings is 1. The maximum Gasteiger partial charge on any atom is 0.255 e. The summed E-state index contributed by atoms with van der Waals surface area (Å²) < 4.78 is 0. The van der Waals surface area contributed by atoms with Crippen molar-refractivity contribution in [3.8, 4) is 5.75 Å². The molecule has 0 aliphatic heterocycles. The minimum absolute atomic E-state index is 0.148. The zero-order valence-corrected chi connectivity index (χ0v) is 6.20. The highest BCUT2D eigenvalue weighted by molar-refractivity contribution is 5.86. The van der Waals surface area contributed by atoms with Gasteiger partial charge in [-0.05, 0) is 17.6 Å². The van der Waals surface area contributed by atoms with Crippen molar-refractivity contribution >= 4 is 10.8 Å². The molecule has 0 saturated carbocycles. The van der Waals surface area contributed by atoms with Crippen molar-refractivity contribution in [2.75, 3.05) is 0 Å². The van der Waals surface area contributed by atoms with Crippen LogP contribution in [0.2, 0.25) is 0 Å². The summed E-state index contributed by atoms with van der Waals surface area (Å²) in [6.45, 7) is 0. The topological polar surface area (TPSA) is 55.9 Å². The third-order valence-electron chi connectivity index (χ3n) is 1.77. The summed E-state index contributed by atoms with van der Waals surface area (Å²) in [7, 11) is 0. The van der Waals surface area contributed by atoms with Crippen LogP contribution in [0.5, 0.6) is 5.75 Å². The molecule has 0 aliphatic carbocycles. The lowest BCUT2D eigenvalue weighted by molar-refractivity contribution is -0.266. The fourth-order valence-electron chi connectivity index (χ4n) is 1.18. The molecule has 0 radical (unpaired) electrons. The van der Waals surface area contributed by atoms with Gasteiger partial charge in [0.25, 0.3) is 5.56 Å². The first-order chi connectivity index (χ1) is 5.79. The molecule has 1 heterocycles. The Morgan fingerprint density at radius 3 is 2.50 bits per heavy atom. The van der Waals surface area contributed by atoms with Gasteiger partial charge in [-0.25, -0.2) is 0 Å². The highest BCUT2D eigenvalue weighted by atomic mass is 16.3. The van der Waals surface area contributed by atoms with Crippen LogP contribution in [0.4, 0.5) is 0 Å². The van der Waals surface area contributed by atoms with Gasteiger partial charge in [0.15, 0.2) is 0 Å². The van der Waals surface area contributed by atoms with Crippen molar-refractivity contribution in [3.05, 3.63) is 40.8 Å². The van der Waals surface area contributed by atoms with Crippen molar-refractivity contribution < 1.29 is 5.11 Å². The van der Waals surface area contributed by atoms with Gasteiger partial charge in [-0.3, -0.25) is 4.79 Å². The van der Waals surface area contributed by atoms with Crippen molar-refractivity contribution in [2.45, 2.75) is 0 Å². The zero-order valence-electron chi connectivity index (χ0n) is 6.20. The number of fused-ring (bicyclic) bond motifs is 1. The average Bonchev–Trinajstić information content (AvgIpc) is 2.12. The molecule has 1 aromatic heterocycles. The van der Waals surface area contributed by atoms with Gasteiger partial charge in [-0.15, -0.1) is 0 Å². The van der Waals surface area contributed by atoms with Crippen molar-refractivity contribution in [2.24, 2.45) is 0 Å². The number of H-pyrrole nitrogens is 1. The first-order valence-corrected chi connectivity index (χ1v) is 3.56. The van der Waals surface area contributed by atoms with E-state index < -0.39 is 0 Å². The predicted octanol–water partition coefficient (Wildman–Crippen LogP) is 0.602. The van der Waals surface area contributed by atoms with Crippen LogP contribution in [-0.2, 0) is 0 Å². The molecule has 0 fully saturated rings. The summed E-state index contributed by atoms with van der Waals surface area (Å²) in [5, 5.41) is 12.1. The number of hydrogen-bond donors (Lipinski definition) is 1. The zero-order chi connectivity index (χ0) is 8.55. The molecule has 0 unspecified atom stereocenters. The van der Waals surface area contributed by atoms with Gasteiger partial charge in [-0.2, -0.15) is 0 Å². The molecule has 3 heteroatoms. The van der Waals surface area contributed by atoms with E-state index in [-0.39, 0.29) is 11.3 Å². The third kappa shape index (κ3) is 0.871. The van der Waals surface area contributed by atoms with E-state index in [0.29, 0.717) is 10.8 Å². The van der Waals surface area contributed by atoms with E-state index >= 15 is 0 Å². The molecule has 0 aliphatic rings. The van der Waals surface area contributed by atoms with Crippen LogP contribution in [0, 0.1) is 0 Å². The fraction of sp³-hybridized carbons (Fsp3) is 0. The van der Waals surface area contributed by atoms with Crippen LogP contribution in [0.3, 0.4) is 0 Å². The van der Waals surface area contributed by atoms with Gasteiger partial charge in [-0.1, -0.05) is 23.9 Å². The van der Waals surface area contributed by atoms with Crippen LogP contribution in [0.15, 0.2) is 35.3 Å². The first-order valence-electron chi connectivity index (χ1n) is 3.56. The van der Waals surface area contributed by atoms with E-state index in [1.54, 1.807) is 24.3 Å². The summed E-state index contributed by atoms with van der Waals surface area (Å²) in [5.41, 5.74) is -0.217. The summed E-state index contributed by atoms with van der Waals surface area (Å²) in [6.07, 6.45) is 1.19. The maximum absolute atomic E-state index is 11.2. The molecule has 2 rings (SSSR count). The number of rotatable bonds is 0. The Hall–Kier alpha value is -1.77. The van der Waals surface area contributed by atoms with E-state index in [4.69, 9.17) is 0 Å². The van der Waals surface area contributed by atoms with Gasteiger partial charge in [0.1, 0.15) is 0 Å². The van der Waals surface area contributed by atoms with Gasteiger partial charge >= 0.3 is 0 Å². The van der Waals surface area contributed by atoms with Crippen LogP contribution in [-0.4, -0.2) is 4.98 Å². The minimum Gasteiger partial charge on any atom is -0.871 e. The Morgan fingerprint density at radius 1 is 1.17 bits per heavy atom. The van der Waals surface area contributed by atoms with Crippen molar-refractivity contribution in [1.29, 1.82) is 0 Å². The SMILES string of the molecule is O=c1[nH]cc([O-])c2ccccc12. The summed E-state index contributed by atoms with van der Waals surface area (Å²) >= 11 is 0. The largest absolute Gasteiger partial charge is 0.871 e. The van der Waals surface area contributed by atoms with Gasteiger partial charge in [0, 0.05) is 5.39 Å². The average molecular weight is 160 g/mol. The smallest absolute Gasteiger partial charge is 0.255 e. The third-order valence-corrected chi connectivity index (χ3v) is 1.77. The molecule has 0 spiro atoms. The van der Waals surface area contributed by atoms with Gasteiger partial charge in [0.05, 0.1) is 0 Å². The molecular formula is C9H6NO2-. The number of nitrogens with one attached hydrogen (secondary N) is 1. The van der Waals surface area contributed by atoms with Crippen LogP contribution in [0.25, 0.3) is 10.8 Å². The molecule has 12 heavy (non-hydrogen) atoms. The maximum atomic E-state index is 11.2. The Bertz CT molecular complexity index is 473. The second-order valence-electron chi connectivity index (χ2n) is 2.53. The molecule has 0 bridgehead atoms. The molecule has 1 N–H and O–H groups in total. The standard InChI is InChI=1S/C9H7NO2/c11-8-5-10-9(12)7-4-2-1-3-6(7)8/h1-5,11H,(H,10,12)/p-1. The number of hydrogen-bond acceptors (Lipinski definition) is 2. The Kier molecular flexibility index (Phi) is 1.37. The molecule has 0 atom stereocenters. The van der Waals surface area contributed by atoms with Crippen LogP contribution >= 0.6 is 0 Å². The molecule has 60 valence electrons. The monoisotopic (exact) mass is 160 g/mol. The van der Waals surface area contributed by atoms with Gasteiger partial charge in [0.2, 0.25) is 0 Å². The van der Waals surface area contributed by atoms with Crippen LogP contribution < -0.4 is 10.7 Å². The Morgan fingerprint density at radius 2 is 1.83 bits per heavy atom. The number of aromatic nitrogens is 1. The molecular weight excluding hydrogens is 154 g/mol. The molecule has 0 amide bonds. The molecule has 1 aromatic carbocycles. The summed E-state index contributed by atoms with van der Waals surface area (Å²) in [4.78, 5) is 13.5. The van der Waals surface area contributed by atoms with E-state index in [0.717, 1.165) is 0 Å². The Labute approximate surface area is 68.3 Å². The van der Waals surface area contributed by atoms with E-state index in [1.807, 2.05) is 0 Å². The van der Waals surface area contributed by atoms with Crippen molar-refractivity contribution in [3.63, 3.8) is 0 Å². The van der Waals surface area contributed by atoms with E-state index in [1.165, 1.54) is 6.20 Å². The molecule has 3 nitrogen and oxygen atoms in total. The number of benzene rings is 1. The number of aromatic amines is 1. The lowest BCUT2D eigenvalue weighted by Gasteiger charge is -2.07. The first kappa shape index (κ1) is 6.91. The minimum atomic E-state index is -0.217. The lowest BCUT2D eigenvalue weighted by Crippen LogP contribution is -2.07.